The van der Waals surface area contributed by atoms with Gasteiger partial charge in [-0.05, 0) is 25.5 Å². The van der Waals surface area contributed by atoms with Gasteiger partial charge in [0.25, 0.3) is 0 Å². The summed E-state index contributed by atoms with van der Waals surface area (Å²) in [6.45, 7) is 8.95. The molecule has 0 saturated heterocycles. The lowest BCUT2D eigenvalue weighted by molar-refractivity contribution is -0.140. The fourth-order valence-electron chi connectivity index (χ4n) is 1.38. The molecule has 0 aliphatic rings. The van der Waals surface area contributed by atoms with E-state index in [1.807, 2.05) is 44.2 Å². The van der Waals surface area contributed by atoms with Gasteiger partial charge >= 0.3 is 0 Å². The van der Waals surface area contributed by atoms with Gasteiger partial charge in [-0.15, -0.1) is 0 Å². The first kappa shape index (κ1) is 12.0. The zero-order valence-electron chi connectivity index (χ0n) is 9.40. The normalized spacial score (nSPS) is 10.6. The van der Waals surface area contributed by atoms with Crippen molar-refractivity contribution in [2.24, 2.45) is 0 Å². The van der Waals surface area contributed by atoms with E-state index in [4.69, 9.17) is 9.47 Å². The Bertz CT molecular complexity index is 301. The Morgan fingerprint density at radius 3 is 2.47 bits per heavy atom. The molecule has 1 aromatic carbocycles. The third kappa shape index (κ3) is 3.50. The number of benzene rings is 1. The lowest BCUT2D eigenvalue weighted by Crippen LogP contribution is -2.08. The molecule has 0 atom stereocenters. The van der Waals surface area contributed by atoms with Crippen molar-refractivity contribution in [1.29, 1.82) is 0 Å². The largest absolute Gasteiger partial charge is 0.349 e. The minimum Gasteiger partial charge on any atom is -0.349 e. The van der Waals surface area contributed by atoms with Gasteiger partial charge in [-0.2, -0.15) is 0 Å². The molecule has 0 saturated carbocycles. The molecule has 0 aliphatic carbocycles. The fourth-order valence-corrected chi connectivity index (χ4v) is 1.38. The lowest BCUT2D eigenvalue weighted by Gasteiger charge is -2.17. The number of rotatable bonds is 6. The van der Waals surface area contributed by atoms with Crippen LogP contribution in [-0.2, 0) is 9.47 Å². The van der Waals surface area contributed by atoms with Crippen molar-refractivity contribution in [3.63, 3.8) is 0 Å². The summed E-state index contributed by atoms with van der Waals surface area (Å²) in [5.41, 5.74) is 2.12. The highest BCUT2D eigenvalue weighted by atomic mass is 16.7. The molecular formula is C13H18O2. The average Bonchev–Trinajstić information content (AvgIpc) is 2.29. The summed E-state index contributed by atoms with van der Waals surface area (Å²) in [6.07, 6.45) is 1.55. The molecule has 1 aromatic rings. The molecule has 0 aliphatic heterocycles. The highest BCUT2D eigenvalue weighted by molar-refractivity contribution is 5.48. The molecule has 1 rings (SSSR count). The van der Waals surface area contributed by atoms with E-state index in [9.17, 15) is 0 Å². The van der Waals surface area contributed by atoms with E-state index in [1.165, 1.54) is 0 Å². The lowest BCUT2D eigenvalue weighted by atomic mass is 10.1. The first-order valence-corrected chi connectivity index (χ1v) is 5.27. The Hall–Kier alpha value is -1.12. The van der Waals surface area contributed by atoms with Crippen LogP contribution in [0.5, 0.6) is 0 Å². The predicted octanol–water partition coefficient (Wildman–Crippen LogP) is 3.40. The van der Waals surface area contributed by atoms with Gasteiger partial charge in [0.2, 0.25) is 0 Å². The van der Waals surface area contributed by atoms with E-state index < -0.39 is 0 Å². The molecule has 0 heterocycles. The molecule has 0 spiro atoms. The first-order chi connectivity index (χ1) is 7.31. The maximum atomic E-state index is 5.51. The number of hydrogen-bond donors (Lipinski definition) is 0. The maximum Gasteiger partial charge on any atom is 0.183 e. The topological polar surface area (TPSA) is 18.5 Å². The van der Waals surface area contributed by atoms with Crippen molar-refractivity contribution >= 4 is 6.08 Å². The van der Waals surface area contributed by atoms with Crippen LogP contribution >= 0.6 is 0 Å². The van der Waals surface area contributed by atoms with Crippen LogP contribution in [0, 0.1) is 0 Å². The van der Waals surface area contributed by atoms with Gasteiger partial charge in [0.05, 0.1) is 0 Å². The molecule has 0 unspecified atom stereocenters. The van der Waals surface area contributed by atoms with Crippen LogP contribution in [0.2, 0.25) is 0 Å². The van der Waals surface area contributed by atoms with Crippen LogP contribution in [0.4, 0.5) is 0 Å². The summed E-state index contributed by atoms with van der Waals surface area (Å²) in [5, 5.41) is 0. The van der Waals surface area contributed by atoms with Crippen molar-refractivity contribution < 1.29 is 9.47 Å². The van der Waals surface area contributed by atoms with Gasteiger partial charge in [-0.25, -0.2) is 0 Å². The zero-order chi connectivity index (χ0) is 11.1. The van der Waals surface area contributed by atoms with Crippen molar-refractivity contribution in [2.75, 3.05) is 13.2 Å². The van der Waals surface area contributed by atoms with Crippen LogP contribution < -0.4 is 0 Å². The maximum absolute atomic E-state index is 5.51. The summed E-state index contributed by atoms with van der Waals surface area (Å²) >= 11 is 0. The van der Waals surface area contributed by atoms with Crippen LogP contribution in [0.25, 0.3) is 6.08 Å². The molecule has 0 N–H and O–H groups in total. The van der Waals surface area contributed by atoms with E-state index in [0.717, 1.165) is 11.1 Å². The van der Waals surface area contributed by atoms with Crippen molar-refractivity contribution in [3.05, 3.63) is 42.0 Å². The Morgan fingerprint density at radius 1 is 1.27 bits per heavy atom. The van der Waals surface area contributed by atoms with E-state index in [0.29, 0.717) is 13.2 Å². The first-order valence-electron chi connectivity index (χ1n) is 5.27. The molecule has 82 valence electrons. The predicted molar refractivity (Wildman–Crippen MR) is 62.5 cm³/mol. The summed E-state index contributed by atoms with van der Waals surface area (Å²) in [6, 6.07) is 8.02. The van der Waals surface area contributed by atoms with Gasteiger partial charge in [0.15, 0.2) is 6.29 Å². The Morgan fingerprint density at radius 2 is 1.93 bits per heavy atom. The van der Waals surface area contributed by atoms with Gasteiger partial charge < -0.3 is 9.47 Å². The summed E-state index contributed by atoms with van der Waals surface area (Å²) in [5.74, 6) is 0. The minimum absolute atomic E-state index is 0.264. The SMILES string of the molecule is C=Cc1cccc(C(OCC)OCC)c1. The van der Waals surface area contributed by atoms with Crippen molar-refractivity contribution in [1.82, 2.24) is 0 Å². The standard InChI is InChI=1S/C13H18O2/c1-4-11-8-7-9-12(10-11)13(14-5-2)15-6-3/h4,7-10,13H,1,5-6H2,2-3H3. The second-order valence-corrected chi connectivity index (χ2v) is 3.12. The van der Waals surface area contributed by atoms with E-state index >= 15 is 0 Å². The van der Waals surface area contributed by atoms with E-state index in [1.54, 1.807) is 0 Å². The summed E-state index contributed by atoms with van der Waals surface area (Å²) in [4.78, 5) is 0. The van der Waals surface area contributed by atoms with E-state index in [2.05, 4.69) is 6.58 Å². The molecule has 2 heteroatoms. The number of hydrogen-bond acceptors (Lipinski definition) is 2. The molecule has 0 amide bonds. The quantitative estimate of drug-likeness (QED) is 0.664. The summed E-state index contributed by atoms with van der Waals surface area (Å²) in [7, 11) is 0. The van der Waals surface area contributed by atoms with Crippen molar-refractivity contribution in [2.45, 2.75) is 20.1 Å². The molecule has 0 radical (unpaired) electrons. The number of ether oxygens (including phenoxy) is 2. The second kappa shape index (κ2) is 6.38. The van der Waals surface area contributed by atoms with Crippen LogP contribution in [0.3, 0.4) is 0 Å². The van der Waals surface area contributed by atoms with Gasteiger partial charge in [0.1, 0.15) is 0 Å². The van der Waals surface area contributed by atoms with Gasteiger partial charge in [-0.1, -0.05) is 30.9 Å². The monoisotopic (exact) mass is 206 g/mol. The fraction of sp³-hybridized carbons (Fsp3) is 0.385. The molecule has 15 heavy (non-hydrogen) atoms. The van der Waals surface area contributed by atoms with Crippen molar-refractivity contribution in [3.8, 4) is 0 Å². The summed E-state index contributed by atoms with van der Waals surface area (Å²) < 4.78 is 11.0. The third-order valence-electron chi connectivity index (χ3n) is 2.05. The molecule has 0 fully saturated rings. The highest BCUT2D eigenvalue weighted by Crippen LogP contribution is 2.20. The van der Waals surface area contributed by atoms with Crippen LogP contribution in [-0.4, -0.2) is 13.2 Å². The molecule has 2 nitrogen and oxygen atoms in total. The van der Waals surface area contributed by atoms with E-state index in [-0.39, 0.29) is 6.29 Å². The van der Waals surface area contributed by atoms with Crippen LogP contribution in [0.1, 0.15) is 31.3 Å². The van der Waals surface area contributed by atoms with Crippen LogP contribution in [0.15, 0.2) is 30.8 Å². The Balaban J connectivity index is 2.83. The average molecular weight is 206 g/mol. The third-order valence-corrected chi connectivity index (χ3v) is 2.05. The van der Waals surface area contributed by atoms with Gasteiger partial charge in [-0.3, -0.25) is 0 Å². The smallest absolute Gasteiger partial charge is 0.183 e. The molecule has 0 aromatic heterocycles. The zero-order valence-corrected chi connectivity index (χ0v) is 9.40. The highest BCUT2D eigenvalue weighted by Gasteiger charge is 2.10. The van der Waals surface area contributed by atoms with Gasteiger partial charge in [0, 0.05) is 18.8 Å². The Kier molecular flexibility index (Phi) is 5.08. The Labute approximate surface area is 91.5 Å². The molecule has 0 bridgehead atoms. The minimum atomic E-state index is -0.264. The molecular weight excluding hydrogens is 188 g/mol. The second-order valence-electron chi connectivity index (χ2n) is 3.12.